The number of benzene rings is 1. The van der Waals surface area contributed by atoms with E-state index in [0.29, 0.717) is 6.61 Å². The number of aryl methyl sites for hydroxylation is 2. The fourth-order valence-electron chi connectivity index (χ4n) is 2.11. The van der Waals surface area contributed by atoms with Gasteiger partial charge in [0.1, 0.15) is 0 Å². The van der Waals surface area contributed by atoms with Gasteiger partial charge in [-0.3, -0.25) is 0 Å². The second-order valence-corrected chi connectivity index (χ2v) is 5.26. The van der Waals surface area contributed by atoms with Gasteiger partial charge < -0.3 is 9.31 Å². The van der Waals surface area contributed by atoms with E-state index in [1.165, 1.54) is 22.2 Å². The Kier molecular flexibility index (Phi) is 2.85. The van der Waals surface area contributed by atoms with Gasteiger partial charge in [-0.2, -0.15) is 0 Å². The smallest absolute Gasteiger partial charge is 0.404 e. The van der Waals surface area contributed by atoms with Gasteiger partial charge >= 0.3 is 7.12 Å². The highest BCUT2D eigenvalue weighted by atomic mass is 16.7. The molecule has 0 N–H and O–H groups in total. The lowest BCUT2D eigenvalue weighted by atomic mass is 9.72. The second-order valence-electron chi connectivity index (χ2n) is 5.26. The van der Waals surface area contributed by atoms with Crippen LogP contribution in [0.25, 0.3) is 0 Å². The summed E-state index contributed by atoms with van der Waals surface area (Å²) in [5.41, 5.74) is 4.84. The molecule has 1 heterocycles. The van der Waals surface area contributed by atoms with E-state index in [-0.39, 0.29) is 12.7 Å². The lowest BCUT2D eigenvalue weighted by molar-refractivity contribution is 0.137. The molecule has 86 valence electrons. The van der Waals surface area contributed by atoms with Gasteiger partial charge in [-0.1, -0.05) is 17.7 Å². The Hall–Kier alpha value is -0.795. The molecular weight excluding hydrogens is 199 g/mol. The van der Waals surface area contributed by atoms with Crippen LogP contribution in [0.15, 0.2) is 12.1 Å². The summed E-state index contributed by atoms with van der Waals surface area (Å²) in [7, 11) is -0.199. The highest BCUT2D eigenvalue weighted by Crippen LogP contribution is 2.21. The summed E-state index contributed by atoms with van der Waals surface area (Å²) in [6.45, 7) is 11.2. The zero-order chi connectivity index (χ0) is 11.9. The third-order valence-corrected chi connectivity index (χ3v) is 3.25. The first-order valence-electron chi connectivity index (χ1n) is 5.77. The van der Waals surface area contributed by atoms with Crippen molar-refractivity contribution < 1.29 is 9.31 Å². The van der Waals surface area contributed by atoms with Crippen molar-refractivity contribution in [2.75, 3.05) is 6.61 Å². The van der Waals surface area contributed by atoms with E-state index in [2.05, 4.69) is 46.8 Å². The van der Waals surface area contributed by atoms with Crippen molar-refractivity contribution in [3.63, 3.8) is 0 Å². The highest BCUT2D eigenvalue weighted by molar-refractivity contribution is 6.63. The number of hydrogen-bond acceptors (Lipinski definition) is 2. The number of hydrogen-bond donors (Lipinski definition) is 0. The molecule has 0 atom stereocenters. The molecule has 1 aliphatic heterocycles. The van der Waals surface area contributed by atoms with E-state index in [4.69, 9.17) is 9.31 Å². The van der Waals surface area contributed by atoms with E-state index in [0.717, 1.165) is 0 Å². The molecule has 3 heteroatoms. The van der Waals surface area contributed by atoms with Crippen LogP contribution in [-0.4, -0.2) is 19.3 Å². The van der Waals surface area contributed by atoms with Crippen molar-refractivity contribution in [3.05, 3.63) is 28.8 Å². The standard InChI is InChI=1S/C13H19BO2/c1-9-6-7-10(2)12(11(9)3)14-15-8-13(4,5)16-14/h6-7H,8H2,1-5H3. The van der Waals surface area contributed by atoms with Gasteiger partial charge in [0.05, 0.1) is 12.2 Å². The van der Waals surface area contributed by atoms with Crippen LogP contribution < -0.4 is 5.46 Å². The van der Waals surface area contributed by atoms with Crippen LogP contribution in [0.5, 0.6) is 0 Å². The molecule has 0 spiro atoms. The van der Waals surface area contributed by atoms with Crippen LogP contribution >= 0.6 is 0 Å². The van der Waals surface area contributed by atoms with Crippen LogP contribution in [0.3, 0.4) is 0 Å². The SMILES string of the molecule is Cc1ccc(C)c(B2OCC(C)(C)O2)c1C. The van der Waals surface area contributed by atoms with Crippen LogP contribution in [0.4, 0.5) is 0 Å². The molecule has 0 bridgehead atoms. The van der Waals surface area contributed by atoms with Gasteiger partial charge in [0.15, 0.2) is 0 Å². The monoisotopic (exact) mass is 218 g/mol. The molecule has 0 aromatic heterocycles. The molecule has 1 aliphatic rings. The van der Waals surface area contributed by atoms with Crippen molar-refractivity contribution in [1.29, 1.82) is 0 Å². The molecular formula is C13H19BO2. The van der Waals surface area contributed by atoms with Gasteiger partial charge in [-0.05, 0) is 51.2 Å². The van der Waals surface area contributed by atoms with Crippen molar-refractivity contribution in [3.8, 4) is 0 Å². The van der Waals surface area contributed by atoms with Gasteiger partial charge in [-0.25, -0.2) is 0 Å². The van der Waals surface area contributed by atoms with Crippen LogP contribution in [0.2, 0.25) is 0 Å². The van der Waals surface area contributed by atoms with Crippen LogP contribution in [-0.2, 0) is 9.31 Å². The third kappa shape index (κ3) is 2.02. The summed E-state index contributed by atoms with van der Waals surface area (Å²) in [4.78, 5) is 0. The van der Waals surface area contributed by atoms with Crippen molar-refractivity contribution in [2.24, 2.45) is 0 Å². The maximum Gasteiger partial charge on any atom is 0.494 e. The lowest BCUT2D eigenvalue weighted by Gasteiger charge is -2.18. The molecule has 0 aliphatic carbocycles. The fourth-order valence-corrected chi connectivity index (χ4v) is 2.11. The van der Waals surface area contributed by atoms with Gasteiger partial charge in [0.25, 0.3) is 0 Å². The summed E-state index contributed by atoms with van der Waals surface area (Å²) in [5.74, 6) is 0. The van der Waals surface area contributed by atoms with Crippen molar-refractivity contribution in [1.82, 2.24) is 0 Å². The maximum atomic E-state index is 5.93. The first kappa shape index (κ1) is 11.7. The van der Waals surface area contributed by atoms with Gasteiger partial charge in [-0.15, -0.1) is 0 Å². The predicted octanol–water partition coefficient (Wildman–Crippen LogP) is 2.13. The number of rotatable bonds is 1. The summed E-state index contributed by atoms with van der Waals surface area (Å²) in [6, 6.07) is 4.28. The molecule has 1 aromatic carbocycles. The van der Waals surface area contributed by atoms with Gasteiger partial charge in [0.2, 0.25) is 0 Å². The van der Waals surface area contributed by atoms with E-state index in [1.54, 1.807) is 0 Å². The molecule has 1 aromatic rings. The normalized spacial score (nSPS) is 19.2. The summed E-state index contributed by atoms with van der Waals surface area (Å²) < 4.78 is 11.7. The first-order chi connectivity index (χ1) is 7.41. The molecule has 2 nitrogen and oxygen atoms in total. The second kappa shape index (κ2) is 3.90. The van der Waals surface area contributed by atoms with Crippen molar-refractivity contribution >= 4 is 12.6 Å². The van der Waals surface area contributed by atoms with E-state index < -0.39 is 0 Å². The molecule has 0 radical (unpaired) electrons. The van der Waals surface area contributed by atoms with E-state index >= 15 is 0 Å². The predicted molar refractivity (Wildman–Crippen MR) is 67.2 cm³/mol. The Balaban J connectivity index is 2.38. The topological polar surface area (TPSA) is 18.5 Å². The largest absolute Gasteiger partial charge is 0.494 e. The molecule has 0 amide bonds. The van der Waals surface area contributed by atoms with Crippen molar-refractivity contribution in [2.45, 2.75) is 40.2 Å². The minimum absolute atomic E-state index is 0.173. The lowest BCUT2D eigenvalue weighted by Crippen LogP contribution is -2.38. The molecule has 2 rings (SSSR count). The third-order valence-electron chi connectivity index (χ3n) is 3.25. The zero-order valence-electron chi connectivity index (χ0n) is 10.8. The molecule has 0 unspecified atom stereocenters. The Morgan fingerprint density at radius 2 is 1.75 bits per heavy atom. The zero-order valence-corrected chi connectivity index (χ0v) is 10.8. The average Bonchev–Trinajstić information content (AvgIpc) is 2.53. The Bertz CT molecular complexity index is 413. The molecule has 0 saturated carbocycles. The van der Waals surface area contributed by atoms with Crippen LogP contribution in [0.1, 0.15) is 30.5 Å². The minimum atomic E-state index is -0.199. The first-order valence-corrected chi connectivity index (χ1v) is 5.77. The Labute approximate surface area is 98.1 Å². The summed E-state index contributed by atoms with van der Waals surface area (Å²) >= 11 is 0. The minimum Gasteiger partial charge on any atom is -0.404 e. The van der Waals surface area contributed by atoms with E-state index in [1.807, 2.05) is 0 Å². The highest BCUT2D eigenvalue weighted by Gasteiger charge is 2.39. The fraction of sp³-hybridized carbons (Fsp3) is 0.538. The van der Waals surface area contributed by atoms with E-state index in [9.17, 15) is 0 Å². The molecule has 1 fully saturated rings. The maximum absolute atomic E-state index is 5.93. The summed E-state index contributed by atoms with van der Waals surface area (Å²) in [6.07, 6.45) is 0. The molecule has 1 saturated heterocycles. The Morgan fingerprint density at radius 3 is 2.31 bits per heavy atom. The Morgan fingerprint density at radius 1 is 1.12 bits per heavy atom. The summed E-state index contributed by atoms with van der Waals surface area (Å²) in [5, 5.41) is 0. The average molecular weight is 218 g/mol. The molecule has 16 heavy (non-hydrogen) atoms. The van der Waals surface area contributed by atoms with Gasteiger partial charge in [0, 0.05) is 0 Å². The quantitative estimate of drug-likeness (QED) is 0.672. The van der Waals surface area contributed by atoms with Crippen LogP contribution in [0, 0.1) is 20.8 Å².